The average Bonchev–Trinajstić information content (AvgIpc) is 2.82. The van der Waals surface area contributed by atoms with Crippen molar-refractivity contribution in [1.29, 1.82) is 0 Å². The molecule has 1 heterocycles. The highest BCUT2D eigenvalue weighted by atomic mass is 79.9. The fraction of sp³-hybridized carbons (Fsp3) is 0.0667. The zero-order valence-electron chi connectivity index (χ0n) is 9.44. The molecule has 1 unspecified atom stereocenters. The van der Waals surface area contributed by atoms with Gasteiger partial charge in [0.15, 0.2) is 0 Å². The molecular formula is C15H10BrClS. The molecule has 1 aromatic heterocycles. The molecule has 0 aliphatic heterocycles. The second-order valence-corrected chi connectivity index (χ2v) is 6.57. The van der Waals surface area contributed by atoms with Gasteiger partial charge in [0, 0.05) is 14.6 Å². The van der Waals surface area contributed by atoms with Crippen LogP contribution in [0.3, 0.4) is 0 Å². The quantitative estimate of drug-likeness (QED) is 0.500. The van der Waals surface area contributed by atoms with Gasteiger partial charge in [-0.25, -0.2) is 0 Å². The molecule has 0 aliphatic carbocycles. The molecule has 3 heteroatoms. The van der Waals surface area contributed by atoms with E-state index in [1.807, 2.05) is 23.5 Å². The summed E-state index contributed by atoms with van der Waals surface area (Å²) >= 11 is 11.5. The molecular weight excluding hydrogens is 328 g/mol. The maximum absolute atomic E-state index is 5.91. The van der Waals surface area contributed by atoms with Crippen molar-refractivity contribution >= 4 is 49.0 Å². The number of halogens is 2. The van der Waals surface area contributed by atoms with Crippen LogP contribution < -0.4 is 0 Å². The molecule has 0 spiro atoms. The first-order valence-electron chi connectivity index (χ1n) is 5.62. The minimum atomic E-state index is 0.229. The zero-order valence-corrected chi connectivity index (χ0v) is 12.6. The van der Waals surface area contributed by atoms with Gasteiger partial charge in [0.2, 0.25) is 0 Å². The van der Waals surface area contributed by atoms with Crippen LogP contribution in [-0.4, -0.2) is 0 Å². The molecule has 18 heavy (non-hydrogen) atoms. The van der Waals surface area contributed by atoms with E-state index in [1.165, 1.54) is 20.5 Å². The number of fused-ring (bicyclic) bond motifs is 1. The highest BCUT2D eigenvalue weighted by Crippen LogP contribution is 2.38. The third-order valence-corrected chi connectivity index (χ3v) is 5.61. The fourth-order valence-electron chi connectivity index (χ4n) is 1.92. The maximum Gasteiger partial charge on any atom is 0.0738 e. The van der Waals surface area contributed by atoms with Crippen molar-refractivity contribution in [2.24, 2.45) is 0 Å². The lowest BCUT2D eigenvalue weighted by atomic mass is 10.1. The standard InChI is InChI=1S/C15H10BrClS/c16-15(10-5-7-12(17)8-6-10)14-9-11-3-1-2-4-13(11)18-14/h1-9,15H. The summed E-state index contributed by atoms with van der Waals surface area (Å²) in [6.45, 7) is 0. The van der Waals surface area contributed by atoms with Crippen molar-refractivity contribution in [3.05, 3.63) is 70.1 Å². The Morgan fingerprint density at radius 3 is 2.44 bits per heavy atom. The lowest BCUT2D eigenvalue weighted by Gasteiger charge is -2.07. The number of thiophene rings is 1. The van der Waals surface area contributed by atoms with Crippen LogP contribution in [0.5, 0.6) is 0 Å². The van der Waals surface area contributed by atoms with Crippen molar-refractivity contribution in [3.8, 4) is 0 Å². The van der Waals surface area contributed by atoms with Gasteiger partial charge in [-0.3, -0.25) is 0 Å². The summed E-state index contributed by atoms with van der Waals surface area (Å²) in [7, 11) is 0. The van der Waals surface area contributed by atoms with Crippen molar-refractivity contribution in [3.63, 3.8) is 0 Å². The van der Waals surface area contributed by atoms with Crippen LogP contribution in [0, 0.1) is 0 Å². The average molecular weight is 338 g/mol. The molecule has 0 saturated heterocycles. The van der Waals surface area contributed by atoms with Gasteiger partial charge in [0.1, 0.15) is 0 Å². The summed E-state index contributed by atoms with van der Waals surface area (Å²) < 4.78 is 1.32. The van der Waals surface area contributed by atoms with Crippen molar-refractivity contribution in [2.45, 2.75) is 4.83 Å². The molecule has 90 valence electrons. The molecule has 0 nitrogen and oxygen atoms in total. The van der Waals surface area contributed by atoms with Gasteiger partial charge in [-0.2, -0.15) is 0 Å². The minimum absolute atomic E-state index is 0.229. The molecule has 0 aliphatic rings. The highest BCUT2D eigenvalue weighted by molar-refractivity contribution is 9.09. The van der Waals surface area contributed by atoms with E-state index in [9.17, 15) is 0 Å². The Morgan fingerprint density at radius 1 is 1.00 bits per heavy atom. The molecule has 1 atom stereocenters. The maximum atomic E-state index is 5.91. The van der Waals surface area contributed by atoms with Crippen LogP contribution in [0.1, 0.15) is 15.3 Å². The van der Waals surface area contributed by atoms with E-state index in [2.05, 4.69) is 58.4 Å². The first-order chi connectivity index (χ1) is 8.74. The van der Waals surface area contributed by atoms with Crippen LogP contribution in [0.2, 0.25) is 5.02 Å². The van der Waals surface area contributed by atoms with Gasteiger partial charge in [-0.05, 0) is 35.2 Å². The fourth-order valence-corrected chi connectivity index (χ4v) is 3.84. The first-order valence-corrected chi connectivity index (χ1v) is 7.73. The molecule has 0 saturated carbocycles. The van der Waals surface area contributed by atoms with E-state index in [4.69, 9.17) is 11.6 Å². The first kappa shape index (κ1) is 12.2. The second-order valence-electron chi connectivity index (χ2n) is 4.10. The number of hydrogen-bond donors (Lipinski definition) is 0. The monoisotopic (exact) mass is 336 g/mol. The van der Waals surface area contributed by atoms with Gasteiger partial charge in [0.05, 0.1) is 4.83 Å². The van der Waals surface area contributed by atoms with E-state index in [1.54, 1.807) is 0 Å². The zero-order chi connectivity index (χ0) is 12.5. The molecule has 0 fully saturated rings. The Balaban J connectivity index is 2.00. The molecule has 0 bridgehead atoms. The Kier molecular flexibility index (Phi) is 3.42. The molecule has 0 N–H and O–H groups in total. The summed E-state index contributed by atoms with van der Waals surface area (Å²) in [6, 6.07) is 18.7. The van der Waals surface area contributed by atoms with Gasteiger partial charge >= 0.3 is 0 Å². The lowest BCUT2D eigenvalue weighted by Crippen LogP contribution is -1.88. The highest BCUT2D eigenvalue weighted by Gasteiger charge is 2.13. The third kappa shape index (κ3) is 2.33. The summed E-state index contributed by atoms with van der Waals surface area (Å²) in [6.07, 6.45) is 0. The summed E-state index contributed by atoms with van der Waals surface area (Å²) in [5.74, 6) is 0. The predicted molar refractivity (Wildman–Crippen MR) is 84.0 cm³/mol. The van der Waals surface area contributed by atoms with Crippen LogP contribution in [0.15, 0.2) is 54.6 Å². The van der Waals surface area contributed by atoms with E-state index in [0.29, 0.717) is 0 Å². The molecule has 2 aromatic carbocycles. The second kappa shape index (κ2) is 5.04. The van der Waals surface area contributed by atoms with Crippen molar-refractivity contribution in [1.82, 2.24) is 0 Å². The van der Waals surface area contributed by atoms with Gasteiger partial charge < -0.3 is 0 Å². The lowest BCUT2D eigenvalue weighted by molar-refractivity contribution is 1.23. The molecule has 0 amide bonds. The van der Waals surface area contributed by atoms with E-state index >= 15 is 0 Å². The Bertz CT molecular complexity index is 639. The predicted octanol–water partition coefficient (Wildman–Crippen LogP) is 6.04. The van der Waals surface area contributed by atoms with Gasteiger partial charge in [-0.1, -0.05) is 57.9 Å². The number of alkyl halides is 1. The third-order valence-electron chi connectivity index (χ3n) is 2.86. The number of benzene rings is 2. The minimum Gasteiger partial charge on any atom is -0.139 e. The number of rotatable bonds is 2. The van der Waals surface area contributed by atoms with E-state index < -0.39 is 0 Å². The van der Waals surface area contributed by atoms with Gasteiger partial charge in [0.25, 0.3) is 0 Å². The Morgan fingerprint density at radius 2 is 1.72 bits per heavy atom. The summed E-state index contributed by atoms with van der Waals surface area (Å²) in [5, 5.41) is 2.07. The van der Waals surface area contributed by atoms with Gasteiger partial charge in [-0.15, -0.1) is 11.3 Å². The largest absolute Gasteiger partial charge is 0.139 e. The molecule has 3 rings (SSSR count). The number of hydrogen-bond acceptors (Lipinski definition) is 1. The smallest absolute Gasteiger partial charge is 0.0738 e. The van der Waals surface area contributed by atoms with Crippen molar-refractivity contribution in [2.75, 3.05) is 0 Å². The summed E-state index contributed by atoms with van der Waals surface area (Å²) in [5.41, 5.74) is 1.23. The van der Waals surface area contributed by atoms with E-state index in [0.717, 1.165) is 5.02 Å². The van der Waals surface area contributed by atoms with Crippen LogP contribution >= 0.6 is 38.9 Å². The normalized spacial score (nSPS) is 12.8. The van der Waals surface area contributed by atoms with E-state index in [-0.39, 0.29) is 4.83 Å². The summed E-state index contributed by atoms with van der Waals surface area (Å²) in [4.78, 5) is 1.55. The SMILES string of the molecule is Clc1ccc(C(Br)c2cc3ccccc3s2)cc1. The van der Waals surface area contributed by atoms with Crippen LogP contribution in [0.4, 0.5) is 0 Å². The Labute approximate surface area is 123 Å². The van der Waals surface area contributed by atoms with Crippen molar-refractivity contribution < 1.29 is 0 Å². The van der Waals surface area contributed by atoms with Crippen LogP contribution in [-0.2, 0) is 0 Å². The molecule has 0 radical (unpaired) electrons. The molecule has 3 aromatic rings. The topological polar surface area (TPSA) is 0 Å². The van der Waals surface area contributed by atoms with Crippen LogP contribution in [0.25, 0.3) is 10.1 Å². The Hall–Kier alpha value is -0.830.